The fraction of sp³-hybridized carbons (Fsp3) is 0.100. The molecule has 0 aliphatic heterocycles. The molecule has 0 fully saturated rings. The van der Waals surface area contributed by atoms with Gasteiger partial charge in [0.1, 0.15) is 0 Å². The maximum absolute atomic E-state index is 13.1. The SMILES string of the molecule is Cc1ccc(NC(=O)c2cncc(Nc3ccccc3C(F)(F)F)c2)cc1. The number of para-hydroxylation sites is 1. The lowest BCUT2D eigenvalue weighted by atomic mass is 10.1. The van der Waals surface area contributed by atoms with Crippen molar-refractivity contribution in [3.05, 3.63) is 83.7 Å². The van der Waals surface area contributed by atoms with E-state index in [1.807, 2.05) is 19.1 Å². The smallest absolute Gasteiger partial charge is 0.354 e. The second kappa shape index (κ2) is 7.49. The monoisotopic (exact) mass is 371 g/mol. The Labute approximate surface area is 154 Å². The molecule has 1 amide bonds. The van der Waals surface area contributed by atoms with Gasteiger partial charge in [-0.25, -0.2) is 0 Å². The Morgan fingerprint density at radius 3 is 2.37 bits per heavy atom. The van der Waals surface area contributed by atoms with Crippen molar-refractivity contribution in [3.63, 3.8) is 0 Å². The molecule has 0 aliphatic carbocycles. The molecule has 0 aliphatic rings. The molecule has 0 radical (unpaired) electrons. The summed E-state index contributed by atoms with van der Waals surface area (Å²) in [6, 6.07) is 13.8. The number of carbonyl (C=O) groups excluding carboxylic acids is 1. The van der Waals surface area contributed by atoms with Crippen molar-refractivity contribution < 1.29 is 18.0 Å². The maximum Gasteiger partial charge on any atom is 0.418 e. The molecule has 0 saturated carbocycles. The molecule has 2 aromatic carbocycles. The first-order valence-electron chi connectivity index (χ1n) is 8.09. The van der Waals surface area contributed by atoms with E-state index in [1.165, 1.54) is 36.7 Å². The van der Waals surface area contributed by atoms with Gasteiger partial charge in [-0.2, -0.15) is 13.2 Å². The van der Waals surface area contributed by atoms with Crippen LogP contribution in [-0.4, -0.2) is 10.9 Å². The number of pyridine rings is 1. The van der Waals surface area contributed by atoms with E-state index < -0.39 is 17.6 Å². The molecule has 0 saturated heterocycles. The Morgan fingerprint density at radius 1 is 0.963 bits per heavy atom. The van der Waals surface area contributed by atoms with Crippen LogP contribution in [0.2, 0.25) is 0 Å². The number of halogens is 3. The number of amides is 1. The molecule has 1 heterocycles. The highest BCUT2D eigenvalue weighted by atomic mass is 19.4. The molecule has 138 valence electrons. The van der Waals surface area contributed by atoms with Gasteiger partial charge in [-0.3, -0.25) is 9.78 Å². The fourth-order valence-electron chi connectivity index (χ4n) is 2.47. The van der Waals surface area contributed by atoms with Crippen molar-refractivity contribution in [1.29, 1.82) is 0 Å². The van der Waals surface area contributed by atoms with Crippen LogP contribution in [0.4, 0.5) is 30.2 Å². The second-order valence-corrected chi connectivity index (χ2v) is 5.95. The summed E-state index contributed by atoms with van der Waals surface area (Å²) < 4.78 is 39.3. The van der Waals surface area contributed by atoms with Gasteiger partial charge in [-0.05, 0) is 37.3 Å². The van der Waals surface area contributed by atoms with Crippen LogP contribution in [0.15, 0.2) is 67.0 Å². The highest BCUT2D eigenvalue weighted by Crippen LogP contribution is 2.35. The molecule has 7 heteroatoms. The second-order valence-electron chi connectivity index (χ2n) is 5.95. The number of nitrogens with zero attached hydrogens (tertiary/aromatic N) is 1. The third-order valence-electron chi connectivity index (χ3n) is 3.82. The molecular weight excluding hydrogens is 355 g/mol. The van der Waals surface area contributed by atoms with E-state index in [4.69, 9.17) is 0 Å². The Bertz CT molecular complexity index is 953. The zero-order valence-corrected chi connectivity index (χ0v) is 14.3. The summed E-state index contributed by atoms with van der Waals surface area (Å²) >= 11 is 0. The Kier molecular flexibility index (Phi) is 5.12. The van der Waals surface area contributed by atoms with Crippen LogP contribution in [0.25, 0.3) is 0 Å². The molecule has 27 heavy (non-hydrogen) atoms. The molecule has 3 aromatic rings. The molecule has 0 unspecified atom stereocenters. The molecule has 0 bridgehead atoms. The number of hydrogen-bond acceptors (Lipinski definition) is 3. The lowest BCUT2D eigenvalue weighted by molar-refractivity contribution is -0.136. The summed E-state index contributed by atoms with van der Waals surface area (Å²) in [6.07, 6.45) is -1.78. The Hall–Kier alpha value is -3.35. The van der Waals surface area contributed by atoms with E-state index in [9.17, 15) is 18.0 Å². The first kappa shape index (κ1) is 18.4. The Morgan fingerprint density at radius 2 is 1.67 bits per heavy atom. The lowest BCUT2D eigenvalue weighted by Crippen LogP contribution is -2.13. The first-order chi connectivity index (χ1) is 12.8. The van der Waals surface area contributed by atoms with Gasteiger partial charge in [0.15, 0.2) is 0 Å². The van der Waals surface area contributed by atoms with E-state index in [-0.39, 0.29) is 16.9 Å². The van der Waals surface area contributed by atoms with E-state index in [0.717, 1.165) is 11.6 Å². The number of nitrogens with one attached hydrogen (secondary N) is 2. The minimum Gasteiger partial charge on any atom is -0.354 e. The van der Waals surface area contributed by atoms with Crippen LogP contribution in [0.3, 0.4) is 0 Å². The van der Waals surface area contributed by atoms with Crippen molar-refractivity contribution in [1.82, 2.24) is 4.98 Å². The van der Waals surface area contributed by atoms with Crippen LogP contribution in [-0.2, 0) is 6.18 Å². The minimum absolute atomic E-state index is 0.108. The van der Waals surface area contributed by atoms with Gasteiger partial charge in [0, 0.05) is 11.9 Å². The number of anilines is 3. The van der Waals surface area contributed by atoms with Crippen LogP contribution < -0.4 is 10.6 Å². The Balaban J connectivity index is 1.80. The molecule has 2 N–H and O–H groups in total. The predicted molar refractivity (Wildman–Crippen MR) is 98.1 cm³/mol. The average molecular weight is 371 g/mol. The van der Waals surface area contributed by atoms with Gasteiger partial charge < -0.3 is 10.6 Å². The molecular formula is C20H16F3N3O. The molecule has 0 spiro atoms. The zero-order valence-electron chi connectivity index (χ0n) is 14.3. The molecule has 0 atom stereocenters. The summed E-state index contributed by atoms with van der Waals surface area (Å²) in [5.74, 6) is -0.404. The minimum atomic E-state index is -4.49. The van der Waals surface area contributed by atoms with E-state index >= 15 is 0 Å². The van der Waals surface area contributed by atoms with Crippen LogP contribution in [0, 0.1) is 6.92 Å². The number of carbonyl (C=O) groups is 1. The van der Waals surface area contributed by atoms with Gasteiger partial charge in [0.25, 0.3) is 5.91 Å². The van der Waals surface area contributed by atoms with Gasteiger partial charge >= 0.3 is 6.18 Å². The highest BCUT2D eigenvalue weighted by Gasteiger charge is 2.33. The predicted octanol–water partition coefficient (Wildman–Crippen LogP) is 5.40. The largest absolute Gasteiger partial charge is 0.418 e. The topological polar surface area (TPSA) is 54.0 Å². The van der Waals surface area contributed by atoms with Gasteiger partial charge in [-0.1, -0.05) is 29.8 Å². The number of alkyl halides is 3. The van der Waals surface area contributed by atoms with Crippen molar-refractivity contribution in [2.24, 2.45) is 0 Å². The fourth-order valence-corrected chi connectivity index (χ4v) is 2.47. The van der Waals surface area contributed by atoms with E-state index in [1.54, 1.807) is 12.1 Å². The number of aromatic nitrogens is 1. The van der Waals surface area contributed by atoms with Crippen molar-refractivity contribution in [2.75, 3.05) is 10.6 Å². The first-order valence-corrected chi connectivity index (χ1v) is 8.09. The zero-order chi connectivity index (χ0) is 19.4. The van der Waals surface area contributed by atoms with Gasteiger partial charge in [0.2, 0.25) is 0 Å². The standard InChI is InChI=1S/C20H16F3N3O/c1-13-6-8-15(9-7-13)26-19(27)14-10-16(12-24-11-14)25-18-5-3-2-4-17(18)20(21,22)23/h2-12,25H,1H3,(H,26,27). The maximum atomic E-state index is 13.1. The summed E-state index contributed by atoms with van der Waals surface area (Å²) in [6.45, 7) is 1.93. The van der Waals surface area contributed by atoms with E-state index in [2.05, 4.69) is 15.6 Å². The molecule has 4 nitrogen and oxygen atoms in total. The van der Waals surface area contributed by atoms with Gasteiger partial charge in [-0.15, -0.1) is 0 Å². The summed E-state index contributed by atoms with van der Waals surface area (Å²) in [5, 5.41) is 5.41. The quantitative estimate of drug-likeness (QED) is 0.645. The highest BCUT2D eigenvalue weighted by molar-refractivity contribution is 6.04. The van der Waals surface area contributed by atoms with E-state index in [0.29, 0.717) is 5.69 Å². The van der Waals surface area contributed by atoms with Crippen LogP contribution in [0.1, 0.15) is 21.5 Å². The van der Waals surface area contributed by atoms with Crippen LogP contribution >= 0.6 is 0 Å². The number of benzene rings is 2. The van der Waals surface area contributed by atoms with Gasteiger partial charge in [0.05, 0.1) is 28.7 Å². The van der Waals surface area contributed by atoms with Crippen molar-refractivity contribution >= 4 is 23.0 Å². The summed E-state index contributed by atoms with van der Waals surface area (Å²) in [5.41, 5.74) is 1.28. The number of rotatable bonds is 4. The molecule has 1 aromatic heterocycles. The average Bonchev–Trinajstić information content (AvgIpc) is 2.63. The summed E-state index contributed by atoms with van der Waals surface area (Å²) in [7, 11) is 0. The lowest BCUT2D eigenvalue weighted by Gasteiger charge is -2.14. The molecule has 3 rings (SSSR count). The number of aryl methyl sites for hydroxylation is 1. The van der Waals surface area contributed by atoms with Crippen molar-refractivity contribution in [2.45, 2.75) is 13.1 Å². The normalized spacial score (nSPS) is 11.1. The summed E-state index contributed by atoms with van der Waals surface area (Å²) in [4.78, 5) is 16.3. The third-order valence-corrected chi connectivity index (χ3v) is 3.82. The third kappa shape index (κ3) is 4.63. The van der Waals surface area contributed by atoms with Crippen LogP contribution in [0.5, 0.6) is 0 Å². The van der Waals surface area contributed by atoms with Crippen molar-refractivity contribution in [3.8, 4) is 0 Å². The number of hydrogen-bond donors (Lipinski definition) is 2.